The first-order valence-electron chi connectivity index (χ1n) is 11.0. The van der Waals surface area contributed by atoms with Gasteiger partial charge in [0.25, 0.3) is 0 Å². The molecule has 1 aliphatic heterocycles. The first kappa shape index (κ1) is 23.3. The Balaban J connectivity index is 1.56. The zero-order chi connectivity index (χ0) is 22.6. The van der Waals surface area contributed by atoms with E-state index in [1.807, 2.05) is 18.7 Å². The number of hydrogen-bond donors (Lipinski definition) is 1. The van der Waals surface area contributed by atoms with E-state index in [0.29, 0.717) is 32.0 Å². The van der Waals surface area contributed by atoms with Crippen LogP contribution in [0.25, 0.3) is 0 Å². The van der Waals surface area contributed by atoms with Gasteiger partial charge in [-0.2, -0.15) is 13.2 Å². The van der Waals surface area contributed by atoms with E-state index in [0.717, 1.165) is 44.4 Å². The van der Waals surface area contributed by atoms with Crippen LogP contribution in [0.1, 0.15) is 51.5 Å². The molecule has 172 valence electrons. The highest BCUT2D eigenvalue weighted by atomic mass is 19.4. The minimum atomic E-state index is -4.41. The Hall–Kier alpha value is -2.32. The fourth-order valence-electron chi connectivity index (χ4n) is 4.24. The maximum absolute atomic E-state index is 13.1. The van der Waals surface area contributed by atoms with Gasteiger partial charge in [-0.15, -0.1) is 0 Å². The first-order chi connectivity index (χ1) is 14.7. The van der Waals surface area contributed by atoms with Crippen LogP contribution >= 0.6 is 0 Å². The molecule has 1 aromatic heterocycles. The standard InChI is InChI=1S/C22H31F3N4O2/c1-15(2)19(27-20(30)16-6-4-3-5-7-16)21(31)29-12-10-28(11-13-29)18-9-8-17(14-26-18)22(23,24)25/h8-9,14-16,19H,3-7,10-13H2,1-2H3,(H,27,30). The highest BCUT2D eigenvalue weighted by Gasteiger charge is 2.34. The zero-order valence-electron chi connectivity index (χ0n) is 18.1. The maximum Gasteiger partial charge on any atom is 0.417 e. The highest BCUT2D eigenvalue weighted by Crippen LogP contribution is 2.29. The van der Waals surface area contributed by atoms with Crippen molar-refractivity contribution in [2.45, 2.75) is 58.2 Å². The Morgan fingerprint density at radius 2 is 1.71 bits per heavy atom. The molecule has 2 amide bonds. The van der Waals surface area contributed by atoms with Crippen LogP contribution in [0.2, 0.25) is 0 Å². The second kappa shape index (κ2) is 9.87. The molecule has 2 fully saturated rings. The van der Waals surface area contributed by atoms with Crippen LogP contribution in [0.15, 0.2) is 18.3 Å². The fraction of sp³-hybridized carbons (Fsp3) is 0.682. The Labute approximate surface area is 181 Å². The number of carbonyl (C=O) groups excluding carboxylic acids is 2. The summed E-state index contributed by atoms with van der Waals surface area (Å²) in [5.74, 6) is 0.296. The second-order valence-electron chi connectivity index (χ2n) is 8.78. The number of piperazine rings is 1. The summed E-state index contributed by atoms with van der Waals surface area (Å²) >= 11 is 0. The third kappa shape index (κ3) is 5.89. The summed E-state index contributed by atoms with van der Waals surface area (Å²) in [6.07, 6.45) is 1.45. The van der Waals surface area contributed by atoms with E-state index in [9.17, 15) is 22.8 Å². The molecular weight excluding hydrogens is 409 g/mol. The third-order valence-corrected chi connectivity index (χ3v) is 6.20. The van der Waals surface area contributed by atoms with Crippen LogP contribution in [-0.2, 0) is 15.8 Å². The maximum atomic E-state index is 13.1. The number of rotatable bonds is 5. The van der Waals surface area contributed by atoms with Gasteiger partial charge in [-0.25, -0.2) is 4.98 Å². The molecule has 1 aliphatic carbocycles. The van der Waals surface area contributed by atoms with Crippen molar-refractivity contribution >= 4 is 17.6 Å². The number of carbonyl (C=O) groups is 2. The topological polar surface area (TPSA) is 65.5 Å². The van der Waals surface area contributed by atoms with Crippen molar-refractivity contribution in [3.8, 4) is 0 Å². The lowest BCUT2D eigenvalue weighted by Crippen LogP contribution is -2.57. The van der Waals surface area contributed by atoms with Gasteiger partial charge in [-0.1, -0.05) is 33.1 Å². The average Bonchev–Trinajstić information content (AvgIpc) is 2.77. The Morgan fingerprint density at radius 3 is 2.23 bits per heavy atom. The normalized spacial score (nSPS) is 19.4. The average molecular weight is 441 g/mol. The molecule has 1 saturated heterocycles. The highest BCUT2D eigenvalue weighted by molar-refractivity contribution is 5.89. The van der Waals surface area contributed by atoms with Crippen molar-refractivity contribution in [2.24, 2.45) is 11.8 Å². The summed E-state index contributed by atoms with van der Waals surface area (Å²) in [6, 6.07) is 1.82. The number of halogens is 3. The molecule has 2 aliphatic rings. The van der Waals surface area contributed by atoms with Crippen molar-refractivity contribution in [3.05, 3.63) is 23.9 Å². The number of anilines is 1. The molecule has 1 unspecified atom stereocenters. The molecular formula is C22H31F3N4O2. The van der Waals surface area contributed by atoms with E-state index >= 15 is 0 Å². The molecule has 1 atom stereocenters. The number of hydrogen-bond acceptors (Lipinski definition) is 4. The molecule has 9 heteroatoms. The molecule has 1 aromatic rings. The van der Waals surface area contributed by atoms with Crippen LogP contribution in [0.3, 0.4) is 0 Å². The fourth-order valence-corrected chi connectivity index (χ4v) is 4.24. The third-order valence-electron chi connectivity index (χ3n) is 6.20. The lowest BCUT2D eigenvalue weighted by molar-refractivity contribution is -0.139. The monoisotopic (exact) mass is 440 g/mol. The lowest BCUT2D eigenvalue weighted by atomic mass is 9.88. The Kier molecular flexibility index (Phi) is 7.43. The van der Waals surface area contributed by atoms with Crippen molar-refractivity contribution in [1.82, 2.24) is 15.2 Å². The SMILES string of the molecule is CC(C)C(NC(=O)C1CCCCC1)C(=O)N1CCN(c2ccc(C(F)(F)F)cn2)CC1. The van der Waals surface area contributed by atoms with Crippen LogP contribution in [0.4, 0.5) is 19.0 Å². The van der Waals surface area contributed by atoms with E-state index in [-0.39, 0.29) is 23.7 Å². The molecule has 6 nitrogen and oxygen atoms in total. The number of alkyl halides is 3. The van der Waals surface area contributed by atoms with Crippen LogP contribution < -0.4 is 10.2 Å². The summed E-state index contributed by atoms with van der Waals surface area (Å²) in [7, 11) is 0. The molecule has 2 heterocycles. The zero-order valence-corrected chi connectivity index (χ0v) is 18.1. The van der Waals surface area contributed by atoms with Gasteiger partial charge in [0.15, 0.2) is 0 Å². The summed E-state index contributed by atoms with van der Waals surface area (Å²) in [4.78, 5) is 33.3. The number of nitrogens with one attached hydrogen (secondary N) is 1. The van der Waals surface area contributed by atoms with E-state index in [2.05, 4.69) is 10.3 Å². The predicted octanol–water partition coefficient (Wildman–Crippen LogP) is 3.47. The summed E-state index contributed by atoms with van der Waals surface area (Å²) in [5.41, 5.74) is -0.779. The predicted molar refractivity (Wildman–Crippen MR) is 111 cm³/mol. The molecule has 31 heavy (non-hydrogen) atoms. The van der Waals surface area contributed by atoms with Gasteiger partial charge in [0.05, 0.1) is 5.56 Å². The number of aromatic nitrogens is 1. The van der Waals surface area contributed by atoms with Gasteiger partial charge < -0.3 is 15.1 Å². The smallest absolute Gasteiger partial charge is 0.353 e. The van der Waals surface area contributed by atoms with Gasteiger partial charge >= 0.3 is 6.18 Å². The van der Waals surface area contributed by atoms with Gasteiger partial charge in [0.2, 0.25) is 11.8 Å². The summed E-state index contributed by atoms with van der Waals surface area (Å²) in [5, 5.41) is 2.98. The van der Waals surface area contributed by atoms with E-state index in [1.165, 1.54) is 6.07 Å². The van der Waals surface area contributed by atoms with Crippen molar-refractivity contribution in [3.63, 3.8) is 0 Å². The number of nitrogens with zero attached hydrogens (tertiary/aromatic N) is 3. The molecule has 0 radical (unpaired) electrons. The van der Waals surface area contributed by atoms with Crippen molar-refractivity contribution in [2.75, 3.05) is 31.1 Å². The van der Waals surface area contributed by atoms with E-state index in [4.69, 9.17) is 0 Å². The molecule has 0 aromatic carbocycles. The van der Waals surface area contributed by atoms with E-state index in [1.54, 1.807) is 4.90 Å². The van der Waals surface area contributed by atoms with Crippen LogP contribution in [0, 0.1) is 11.8 Å². The summed E-state index contributed by atoms with van der Waals surface area (Å²) < 4.78 is 38.2. The van der Waals surface area contributed by atoms with Gasteiger partial charge in [0, 0.05) is 38.3 Å². The Morgan fingerprint density at radius 1 is 1.06 bits per heavy atom. The minimum Gasteiger partial charge on any atom is -0.353 e. The van der Waals surface area contributed by atoms with Crippen molar-refractivity contribution in [1.29, 1.82) is 0 Å². The number of amides is 2. The molecule has 1 saturated carbocycles. The number of pyridine rings is 1. The molecule has 0 bridgehead atoms. The Bertz CT molecular complexity index is 753. The lowest BCUT2D eigenvalue weighted by Gasteiger charge is -2.38. The summed E-state index contributed by atoms with van der Waals surface area (Å²) in [6.45, 7) is 5.67. The van der Waals surface area contributed by atoms with E-state index < -0.39 is 17.8 Å². The molecule has 1 N–H and O–H groups in total. The van der Waals surface area contributed by atoms with Gasteiger partial charge in [-0.3, -0.25) is 9.59 Å². The van der Waals surface area contributed by atoms with Crippen molar-refractivity contribution < 1.29 is 22.8 Å². The minimum absolute atomic E-state index is 0.00890. The molecule has 0 spiro atoms. The second-order valence-corrected chi connectivity index (χ2v) is 8.78. The van der Waals surface area contributed by atoms with Gasteiger partial charge in [0.1, 0.15) is 11.9 Å². The van der Waals surface area contributed by atoms with Crippen LogP contribution in [-0.4, -0.2) is 53.9 Å². The van der Waals surface area contributed by atoms with Crippen LogP contribution in [0.5, 0.6) is 0 Å². The van der Waals surface area contributed by atoms with Gasteiger partial charge in [-0.05, 0) is 30.9 Å². The molecule has 3 rings (SSSR count). The first-order valence-corrected chi connectivity index (χ1v) is 11.0. The largest absolute Gasteiger partial charge is 0.417 e. The quantitative estimate of drug-likeness (QED) is 0.762.